The Balaban J connectivity index is 1.61. The average molecular weight is 320 g/mol. The van der Waals surface area contributed by atoms with Crippen LogP contribution in [0.1, 0.15) is 32.9 Å². The quantitative estimate of drug-likeness (QED) is 0.920. The van der Waals surface area contributed by atoms with Crippen molar-refractivity contribution in [2.45, 2.75) is 32.7 Å². The van der Waals surface area contributed by atoms with Crippen LogP contribution in [0.3, 0.4) is 0 Å². The van der Waals surface area contributed by atoms with Gasteiger partial charge in [0.05, 0.1) is 29.8 Å². The summed E-state index contributed by atoms with van der Waals surface area (Å²) in [4.78, 5) is 14.3. The summed E-state index contributed by atoms with van der Waals surface area (Å²) < 4.78 is 10.8. The second-order valence-corrected chi connectivity index (χ2v) is 6.80. The van der Waals surface area contributed by atoms with E-state index in [4.69, 9.17) is 9.26 Å². The maximum absolute atomic E-state index is 12.3. The summed E-state index contributed by atoms with van der Waals surface area (Å²) in [6.45, 7) is 5.18. The van der Waals surface area contributed by atoms with E-state index in [0.29, 0.717) is 13.2 Å². The average Bonchev–Trinajstić information content (AvgIpc) is 3.21. The Morgan fingerprint density at radius 2 is 2.32 bits per heavy atom. The molecule has 0 saturated carbocycles. The molecule has 1 aliphatic heterocycles. The third-order valence-corrected chi connectivity index (χ3v) is 5.12. The maximum atomic E-state index is 12.3. The zero-order chi connectivity index (χ0) is 15.5. The van der Waals surface area contributed by atoms with Crippen LogP contribution in [0.2, 0.25) is 0 Å². The fourth-order valence-corrected chi connectivity index (χ4v) is 3.51. The highest BCUT2D eigenvalue weighted by atomic mass is 32.1. The molecule has 1 saturated heterocycles. The third-order valence-electron chi connectivity index (χ3n) is 3.89. The summed E-state index contributed by atoms with van der Waals surface area (Å²) in [7, 11) is 0. The van der Waals surface area contributed by atoms with Gasteiger partial charge in [0.2, 0.25) is 0 Å². The number of aryl methyl sites for hydroxylation is 2. The molecule has 0 radical (unpaired) electrons. The lowest BCUT2D eigenvalue weighted by molar-refractivity contribution is 0.0928. The van der Waals surface area contributed by atoms with Gasteiger partial charge in [-0.1, -0.05) is 12.1 Å². The first kappa shape index (κ1) is 15.2. The van der Waals surface area contributed by atoms with E-state index in [9.17, 15) is 4.79 Å². The Bertz CT molecular complexity index is 649. The topological polar surface area (TPSA) is 64.4 Å². The molecule has 0 unspecified atom stereocenters. The number of amides is 1. The third kappa shape index (κ3) is 3.39. The molecule has 5 nitrogen and oxygen atoms in total. The first-order chi connectivity index (χ1) is 10.7. The van der Waals surface area contributed by atoms with Crippen LogP contribution in [0.25, 0.3) is 0 Å². The van der Waals surface area contributed by atoms with Gasteiger partial charge in [0.25, 0.3) is 5.91 Å². The van der Waals surface area contributed by atoms with Crippen LogP contribution in [-0.2, 0) is 17.6 Å². The molecule has 0 aromatic carbocycles. The monoisotopic (exact) mass is 320 g/mol. The number of carbonyl (C=O) groups is 1. The molecule has 2 aromatic rings. The lowest BCUT2D eigenvalue weighted by atomic mass is 9.98. The molecule has 2 atom stereocenters. The summed E-state index contributed by atoms with van der Waals surface area (Å²) in [6.07, 6.45) is 1.69. The summed E-state index contributed by atoms with van der Waals surface area (Å²) in [6, 6.07) is 5.86. The van der Waals surface area contributed by atoms with Crippen molar-refractivity contribution in [3.63, 3.8) is 0 Å². The SMILES string of the molecule is CCc1ccc(C(=O)N[C@H]2COC[C@H]2Cc2cc(C)no2)s1. The summed E-state index contributed by atoms with van der Waals surface area (Å²) >= 11 is 1.55. The van der Waals surface area contributed by atoms with E-state index in [1.54, 1.807) is 11.3 Å². The Morgan fingerprint density at radius 1 is 1.45 bits per heavy atom. The second kappa shape index (κ2) is 6.62. The molecule has 1 amide bonds. The molecule has 0 bridgehead atoms. The number of rotatable bonds is 5. The Labute approximate surface area is 133 Å². The van der Waals surface area contributed by atoms with Crippen LogP contribution in [0.15, 0.2) is 22.7 Å². The first-order valence-corrected chi connectivity index (χ1v) is 8.37. The van der Waals surface area contributed by atoms with Crippen LogP contribution < -0.4 is 5.32 Å². The molecule has 1 N–H and O–H groups in total. The molecule has 1 aliphatic rings. The molecule has 3 heterocycles. The predicted octanol–water partition coefficient (Wildman–Crippen LogP) is 2.59. The molecule has 3 rings (SSSR count). The van der Waals surface area contributed by atoms with Gasteiger partial charge >= 0.3 is 0 Å². The number of aromatic nitrogens is 1. The Hall–Kier alpha value is -1.66. The predicted molar refractivity (Wildman–Crippen MR) is 84.2 cm³/mol. The van der Waals surface area contributed by atoms with E-state index in [-0.39, 0.29) is 17.9 Å². The number of hydrogen-bond acceptors (Lipinski definition) is 5. The van der Waals surface area contributed by atoms with Gasteiger partial charge in [-0.3, -0.25) is 4.79 Å². The van der Waals surface area contributed by atoms with Gasteiger partial charge < -0.3 is 14.6 Å². The molecule has 0 aliphatic carbocycles. The Morgan fingerprint density at radius 3 is 3.00 bits per heavy atom. The fraction of sp³-hybridized carbons (Fsp3) is 0.500. The van der Waals surface area contributed by atoms with Crippen LogP contribution in [0.5, 0.6) is 0 Å². The van der Waals surface area contributed by atoms with Gasteiger partial charge in [0, 0.05) is 23.3 Å². The minimum atomic E-state index is -0.0149. The van der Waals surface area contributed by atoms with Crippen LogP contribution >= 0.6 is 11.3 Å². The summed E-state index contributed by atoms with van der Waals surface area (Å²) in [5.74, 6) is 1.05. The smallest absolute Gasteiger partial charge is 0.261 e. The zero-order valence-electron chi connectivity index (χ0n) is 12.8. The van der Waals surface area contributed by atoms with Crippen molar-refractivity contribution in [2.75, 3.05) is 13.2 Å². The number of nitrogens with zero attached hydrogens (tertiary/aromatic N) is 1. The van der Waals surface area contributed by atoms with Crippen molar-refractivity contribution in [1.82, 2.24) is 10.5 Å². The lowest BCUT2D eigenvalue weighted by Crippen LogP contribution is -2.40. The van der Waals surface area contributed by atoms with E-state index in [1.165, 1.54) is 4.88 Å². The molecule has 1 fully saturated rings. The summed E-state index contributed by atoms with van der Waals surface area (Å²) in [5.41, 5.74) is 0.875. The van der Waals surface area contributed by atoms with E-state index in [1.807, 2.05) is 25.1 Å². The first-order valence-electron chi connectivity index (χ1n) is 7.55. The van der Waals surface area contributed by atoms with Crippen molar-refractivity contribution in [2.24, 2.45) is 5.92 Å². The number of hydrogen-bond donors (Lipinski definition) is 1. The molecule has 2 aromatic heterocycles. The molecule has 6 heteroatoms. The van der Waals surface area contributed by atoms with Crippen LogP contribution in [0.4, 0.5) is 0 Å². The molecular weight excluding hydrogens is 300 g/mol. The summed E-state index contributed by atoms with van der Waals surface area (Å²) in [5, 5.41) is 7.00. The minimum absolute atomic E-state index is 0.0149. The van der Waals surface area contributed by atoms with Crippen molar-refractivity contribution in [3.05, 3.63) is 39.4 Å². The van der Waals surface area contributed by atoms with Crippen molar-refractivity contribution >= 4 is 17.2 Å². The second-order valence-electron chi connectivity index (χ2n) is 5.64. The van der Waals surface area contributed by atoms with Crippen LogP contribution in [-0.4, -0.2) is 30.3 Å². The van der Waals surface area contributed by atoms with Crippen molar-refractivity contribution in [3.8, 4) is 0 Å². The molecular formula is C16H20N2O3S. The number of nitrogens with one attached hydrogen (secondary N) is 1. The van der Waals surface area contributed by atoms with Gasteiger partial charge in [-0.25, -0.2) is 0 Å². The number of ether oxygens (including phenoxy) is 1. The van der Waals surface area contributed by atoms with Gasteiger partial charge in [-0.2, -0.15) is 0 Å². The highest BCUT2D eigenvalue weighted by Crippen LogP contribution is 2.22. The molecule has 0 spiro atoms. The maximum Gasteiger partial charge on any atom is 0.261 e. The molecule has 22 heavy (non-hydrogen) atoms. The van der Waals surface area contributed by atoms with Crippen molar-refractivity contribution < 1.29 is 14.1 Å². The van der Waals surface area contributed by atoms with E-state index in [0.717, 1.165) is 29.2 Å². The highest BCUT2D eigenvalue weighted by Gasteiger charge is 2.31. The highest BCUT2D eigenvalue weighted by molar-refractivity contribution is 7.14. The van der Waals surface area contributed by atoms with Crippen molar-refractivity contribution in [1.29, 1.82) is 0 Å². The Kier molecular flexibility index (Phi) is 4.59. The number of carbonyl (C=O) groups excluding carboxylic acids is 1. The number of thiophene rings is 1. The van der Waals surface area contributed by atoms with E-state index in [2.05, 4.69) is 17.4 Å². The van der Waals surface area contributed by atoms with Gasteiger partial charge in [0.15, 0.2) is 0 Å². The van der Waals surface area contributed by atoms with E-state index >= 15 is 0 Å². The fourth-order valence-electron chi connectivity index (χ4n) is 2.66. The standard InChI is InChI=1S/C16H20N2O3S/c1-3-13-4-5-15(22-13)16(19)17-14-9-20-8-11(14)7-12-6-10(2)18-21-12/h4-6,11,14H,3,7-9H2,1-2H3,(H,17,19)/t11-,14+/m1/s1. The largest absolute Gasteiger partial charge is 0.379 e. The van der Waals surface area contributed by atoms with Gasteiger partial charge in [-0.05, 0) is 25.5 Å². The zero-order valence-corrected chi connectivity index (χ0v) is 13.6. The van der Waals surface area contributed by atoms with Gasteiger partial charge in [0.1, 0.15) is 5.76 Å². The van der Waals surface area contributed by atoms with Crippen LogP contribution in [0, 0.1) is 12.8 Å². The van der Waals surface area contributed by atoms with E-state index < -0.39 is 0 Å². The van der Waals surface area contributed by atoms with Gasteiger partial charge in [-0.15, -0.1) is 11.3 Å². The molecule has 118 valence electrons. The minimum Gasteiger partial charge on any atom is -0.379 e. The normalized spacial score (nSPS) is 21.2. The lowest BCUT2D eigenvalue weighted by Gasteiger charge is -2.17.